The standard InChI is InChI=1S/C26H31N9O.C12H13N3O2.C4H4O4/c1-33-13-15-34(16-14-33)19-5-7-20(8-6-19)35-25-22(24(27)30-17-31-25)23(32-35)18-3-9-21(10-4-18)36-26-28-11-2-12-29-26;16-9-7-8(13-1-2-13)12(17)11(15-5-6-15)10(9)14-3-4-14;5-3(6)1-2-4(7)8/h2-4,9-12,17,19-20H,5-8,13-16H2,1H3,(H2,27,30,31);7H,1-6H2;1-2H,(H,5,6)(H,7,8)/b;;2-1-. The smallest absolute Gasteiger partial charge is 0.328 e. The molecule has 3 aromatic heterocycles. The summed E-state index contributed by atoms with van der Waals surface area (Å²) in [5.41, 5.74) is 10.8. The van der Waals surface area contributed by atoms with Crippen LogP contribution in [-0.2, 0) is 19.2 Å². The van der Waals surface area contributed by atoms with Crippen LogP contribution < -0.4 is 10.5 Å². The van der Waals surface area contributed by atoms with Crippen LogP contribution in [0.2, 0.25) is 0 Å². The van der Waals surface area contributed by atoms with Crippen molar-refractivity contribution in [3.63, 3.8) is 0 Å². The van der Waals surface area contributed by atoms with Gasteiger partial charge in [-0.15, -0.1) is 0 Å². The summed E-state index contributed by atoms with van der Waals surface area (Å²) in [6.07, 6.45) is 12.0. The highest BCUT2D eigenvalue weighted by molar-refractivity contribution is 6.22. The Morgan fingerprint density at radius 2 is 1.34 bits per heavy atom. The molecule has 318 valence electrons. The third kappa shape index (κ3) is 9.84. The molecule has 7 heterocycles. The molecule has 1 saturated carbocycles. The Balaban J connectivity index is 0.000000168. The molecule has 19 nitrogen and oxygen atoms in total. The number of likely N-dealkylation sites (N-methyl/N-ethyl adjacent to an activating group) is 1. The molecule has 0 atom stereocenters. The van der Waals surface area contributed by atoms with Gasteiger partial charge in [-0.1, -0.05) is 0 Å². The van der Waals surface area contributed by atoms with Crippen LogP contribution in [0.5, 0.6) is 11.8 Å². The van der Waals surface area contributed by atoms with Crippen LogP contribution in [0.25, 0.3) is 22.3 Å². The van der Waals surface area contributed by atoms with Gasteiger partial charge >= 0.3 is 17.9 Å². The number of aliphatic carboxylic acids is 2. The number of carbonyl (C=O) groups excluding carboxylic acids is 2. The zero-order valence-electron chi connectivity index (χ0n) is 33.8. The molecule has 0 amide bonds. The monoisotopic (exact) mass is 832 g/mol. The molecule has 4 aliphatic heterocycles. The van der Waals surface area contributed by atoms with Crippen molar-refractivity contribution >= 4 is 40.4 Å². The molecule has 10 rings (SSSR count). The van der Waals surface area contributed by atoms with Crippen molar-refractivity contribution in [1.29, 1.82) is 0 Å². The van der Waals surface area contributed by atoms with Gasteiger partial charge in [-0.25, -0.2) is 34.2 Å². The van der Waals surface area contributed by atoms with E-state index in [1.54, 1.807) is 18.5 Å². The molecule has 5 fully saturated rings. The Labute approximate surface area is 351 Å². The fourth-order valence-corrected chi connectivity index (χ4v) is 7.85. The molecule has 61 heavy (non-hydrogen) atoms. The van der Waals surface area contributed by atoms with Gasteiger partial charge in [0.1, 0.15) is 35.0 Å². The summed E-state index contributed by atoms with van der Waals surface area (Å²) in [5, 5.41) is 21.5. The average Bonchev–Trinajstić information content (AvgIpc) is 4.11. The maximum atomic E-state index is 12.4. The quantitative estimate of drug-likeness (QED) is 0.118. The van der Waals surface area contributed by atoms with E-state index < -0.39 is 11.9 Å². The number of carbonyl (C=O) groups is 4. The van der Waals surface area contributed by atoms with Gasteiger partial charge < -0.3 is 40.3 Å². The van der Waals surface area contributed by atoms with Crippen molar-refractivity contribution in [2.45, 2.75) is 37.8 Å². The minimum atomic E-state index is -1.26. The van der Waals surface area contributed by atoms with E-state index in [4.69, 9.17) is 25.8 Å². The van der Waals surface area contributed by atoms with Crippen molar-refractivity contribution in [2.24, 2.45) is 0 Å². The summed E-state index contributed by atoms with van der Waals surface area (Å²) in [6.45, 7) is 10.1. The minimum Gasteiger partial charge on any atom is -0.478 e. The molecule has 4 saturated heterocycles. The number of nitrogen functional groups attached to an aromatic ring is 1. The van der Waals surface area contributed by atoms with Crippen molar-refractivity contribution < 1.29 is 34.1 Å². The normalized spacial score (nSPS) is 21.4. The zero-order valence-corrected chi connectivity index (χ0v) is 33.8. The van der Waals surface area contributed by atoms with Gasteiger partial charge in [0.25, 0.3) is 0 Å². The molecule has 4 aromatic rings. The van der Waals surface area contributed by atoms with Gasteiger partial charge in [0.15, 0.2) is 5.65 Å². The summed E-state index contributed by atoms with van der Waals surface area (Å²) >= 11 is 0. The Kier molecular flexibility index (Phi) is 12.0. The van der Waals surface area contributed by atoms with Crippen LogP contribution >= 0.6 is 0 Å². The highest BCUT2D eigenvalue weighted by atomic mass is 16.5. The van der Waals surface area contributed by atoms with Gasteiger partial charge in [0.05, 0.1) is 17.1 Å². The lowest BCUT2D eigenvalue weighted by Crippen LogP contribution is -2.49. The molecule has 4 N–H and O–H groups in total. The van der Waals surface area contributed by atoms with Crippen molar-refractivity contribution in [1.82, 2.24) is 54.2 Å². The lowest BCUT2D eigenvalue weighted by atomic mass is 9.90. The molecule has 1 aromatic carbocycles. The van der Waals surface area contributed by atoms with Crippen LogP contribution in [0.15, 0.2) is 84.4 Å². The molecule has 19 heteroatoms. The topological polar surface area (TPSA) is 229 Å². The number of carboxylic acids is 2. The first kappa shape index (κ1) is 41.0. The number of nitrogens with two attached hydrogens (primary N) is 1. The number of Topliss-reactive ketones (excluding diaryl/α,β-unsaturated/α-hetero) is 1. The third-order valence-corrected chi connectivity index (χ3v) is 11.3. The number of aromatic nitrogens is 6. The number of hydrogen-bond donors (Lipinski definition) is 3. The third-order valence-electron chi connectivity index (χ3n) is 11.3. The summed E-state index contributed by atoms with van der Waals surface area (Å²) in [5.74, 6) is -1.36. The Hall–Kier alpha value is -6.73. The Bertz CT molecular complexity index is 2360. The van der Waals surface area contributed by atoms with E-state index in [1.807, 2.05) is 39.0 Å². The van der Waals surface area contributed by atoms with Crippen LogP contribution in [0.1, 0.15) is 31.7 Å². The lowest BCUT2D eigenvalue weighted by Gasteiger charge is -2.41. The molecule has 0 unspecified atom stereocenters. The number of fused-ring (bicyclic) bond motifs is 1. The van der Waals surface area contributed by atoms with E-state index in [-0.39, 0.29) is 11.6 Å². The van der Waals surface area contributed by atoms with E-state index in [1.165, 1.54) is 38.3 Å². The first-order valence-electron chi connectivity index (χ1n) is 20.4. The number of piperazine rings is 1. The molecule has 0 spiro atoms. The van der Waals surface area contributed by atoms with Crippen molar-refractivity contribution in [3.05, 3.63) is 84.4 Å². The van der Waals surface area contributed by atoms with Gasteiger partial charge in [0.2, 0.25) is 11.6 Å². The second kappa shape index (κ2) is 17.9. The number of ether oxygens (including phenoxy) is 1. The molecule has 6 aliphatic rings. The van der Waals surface area contributed by atoms with Gasteiger partial charge in [-0.05, 0) is 63.1 Å². The molecule has 0 radical (unpaired) electrons. The molecular weight excluding hydrogens is 785 g/mol. The number of benzene rings is 1. The predicted molar refractivity (Wildman–Crippen MR) is 222 cm³/mol. The molecular formula is C42H48N12O7. The number of rotatable bonds is 10. The summed E-state index contributed by atoms with van der Waals surface area (Å²) in [7, 11) is 2.21. The van der Waals surface area contributed by atoms with E-state index >= 15 is 0 Å². The molecule has 2 aliphatic carbocycles. The highest BCUT2D eigenvalue weighted by Crippen LogP contribution is 2.38. The average molecular weight is 833 g/mol. The summed E-state index contributed by atoms with van der Waals surface area (Å²) < 4.78 is 7.83. The number of carboxylic acid groups (broad SMARTS) is 2. The van der Waals surface area contributed by atoms with E-state index in [9.17, 15) is 19.2 Å². The number of ketones is 2. The zero-order chi connectivity index (χ0) is 42.6. The number of nitrogens with zero attached hydrogens (tertiary/aromatic N) is 11. The predicted octanol–water partition coefficient (Wildman–Crippen LogP) is 2.28. The van der Waals surface area contributed by atoms with Crippen LogP contribution in [-0.4, -0.2) is 166 Å². The van der Waals surface area contributed by atoms with Crippen LogP contribution in [0.3, 0.4) is 0 Å². The second-order valence-electron chi connectivity index (χ2n) is 15.6. The number of allylic oxidation sites excluding steroid dienone is 1. The van der Waals surface area contributed by atoms with E-state index in [0.717, 1.165) is 87.5 Å². The fraction of sp³-hybridized carbons (Fsp3) is 0.405. The Morgan fingerprint density at radius 3 is 1.93 bits per heavy atom. The van der Waals surface area contributed by atoms with Gasteiger partial charge in [-0.2, -0.15) is 5.10 Å². The maximum Gasteiger partial charge on any atom is 0.328 e. The van der Waals surface area contributed by atoms with Crippen LogP contribution in [0, 0.1) is 0 Å². The maximum absolute atomic E-state index is 12.4. The summed E-state index contributed by atoms with van der Waals surface area (Å²) in [4.78, 5) is 71.8. The van der Waals surface area contributed by atoms with Gasteiger partial charge in [0, 0.05) is 108 Å². The summed E-state index contributed by atoms with van der Waals surface area (Å²) in [6, 6.07) is 10.7. The lowest BCUT2D eigenvalue weighted by molar-refractivity contribution is -0.134. The van der Waals surface area contributed by atoms with Crippen molar-refractivity contribution in [2.75, 3.05) is 78.2 Å². The van der Waals surface area contributed by atoms with Crippen molar-refractivity contribution in [3.8, 4) is 23.0 Å². The van der Waals surface area contributed by atoms with Gasteiger partial charge in [-0.3, -0.25) is 14.5 Å². The number of anilines is 1. The highest BCUT2D eigenvalue weighted by Gasteiger charge is 2.43. The largest absolute Gasteiger partial charge is 0.478 e. The fourth-order valence-electron chi connectivity index (χ4n) is 7.85. The minimum absolute atomic E-state index is 0.00546. The van der Waals surface area contributed by atoms with E-state index in [0.29, 0.717) is 58.9 Å². The van der Waals surface area contributed by atoms with Crippen LogP contribution in [0.4, 0.5) is 5.82 Å². The van der Waals surface area contributed by atoms with E-state index in [2.05, 4.69) is 41.5 Å². The first-order valence-corrected chi connectivity index (χ1v) is 20.4. The molecule has 0 bridgehead atoms. The Morgan fingerprint density at radius 1 is 0.754 bits per heavy atom. The first-order chi connectivity index (χ1) is 29.5. The second-order valence-corrected chi connectivity index (χ2v) is 15.6. The number of hydrogen-bond acceptors (Lipinski definition) is 16. The SMILES string of the molecule is CN1CCN(C2CCC(n3nc(-c4ccc(Oc5ncccn5)cc4)c4c(N)ncnc43)CC2)CC1.O=C(O)/C=C\C(=O)O.O=C1C=C(N2CC2)C(=O)C(N2CC2)=C1N1CC1.